The van der Waals surface area contributed by atoms with Crippen molar-refractivity contribution in [1.82, 2.24) is 9.88 Å². The Hall–Kier alpha value is -3.28. The van der Waals surface area contributed by atoms with E-state index in [9.17, 15) is 9.59 Å². The van der Waals surface area contributed by atoms with Crippen molar-refractivity contribution < 1.29 is 19.1 Å². The number of esters is 1. The summed E-state index contributed by atoms with van der Waals surface area (Å²) in [6.07, 6.45) is 0.678. The molecule has 0 bridgehead atoms. The summed E-state index contributed by atoms with van der Waals surface area (Å²) in [6, 6.07) is 15.0. The van der Waals surface area contributed by atoms with Crippen molar-refractivity contribution in [2.45, 2.75) is 19.3 Å². The largest absolute Gasteiger partial charge is 0.497 e. The second-order valence-corrected chi connectivity index (χ2v) is 7.10. The van der Waals surface area contributed by atoms with Gasteiger partial charge in [0.15, 0.2) is 0 Å². The summed E-state index contributed by atoms with van der Waals surface area (Å²) < 4.78 is 10.5. The number of hydrogen-bond acceptors (Lipinski definition) is 4. The molecule has 150 valence electrons. The second kappa shape index (κ2) is 7.99. The summed E-state index contributed by atoms with van der Waals surface area (Å²) in [5.74, 6) is -0.253. The number of nitrogens with zero attached hydrogens (tertiary/aromatic N) is 1. The number of amides is 1. The third kappa shape index (κ3) is 3.58. The number of aromatic nitrogens is 1. The lowest BCUT2D eigenvalue weighted by Gasteiger charge is -2.24. The number of methoxy groups -OCH3 is 1. The van der Waals surface area contributed by atoms with Crippen LogP contribution in [0.3, 0.4) is 0 Å². The Morgan fingerprint density at radius 2 is 1.90 bits per heavy atom. The van der Waals surface area contributed by atoms with Gasteiger partial charge in [-0.3, -0.25) is 9.59 Å². The van der Waals surface area contributed by atoms with Crippen molar-refractivity contribution in [3.8, 4) is 5.75 Å². The van der Waals surface area contributed by atoms with Crippen LogP contribution in [-0.2, 0) is 16.0 Å². The van der Waals surface area contributed by atoms with E-state index in [1.165, 1.54) is 0 Å². The number of para-hydroxylation sites is 1. The molecule has 1 atom stereocenters. The van der Waals surface area contributed by atoms with Crippen LogP contribution >= 0.6 is 0 Å². The molecule has 2 aromatic carbocycles. The number of fused-ring (bicyclic) bond motifs is 3. The van der Waals surface area contributed by atoms with Gasteiger partial charge in [0, 0.05) is 35.2 Å². The number of benzene rings is 2. The van der Waals surface area contributed by atoms with Crippen LogP contribution < -0.4 is 4.74 Å². The van der Waals surface area contributed by atoms with Crippen molar-refractivity contribution in [1.29, 1.82) is 0 Å². The third-order valence-corrected chi connectivity index (χ3v) is 5.43. The van der Waals surface area contributed by atoms with E-state index in [0.717, 1.165) is 22.2 Å². The molecule has 29 heavy (non-hydrogen) atoms. The van der Waals surface area contributed by atoms with Crippen LogP contribution in [0.4, 0.5) is 0 Å². The molecule has 1 amide bonds. The van der Waals surface area contributed by atoms with Crippen LogP contribution in [0.5, 0.6) is 5.75 Å². The Balaban J connectivity index is 1.68. The first kappa shape index (κ1) is 19.1. The van der Waals surface area contributed by atoms with Crippen LogP contribution in [0.15, 0.2) is 48.5 Å². The Morgan fingerprint density at radius 1 is 1.14 bits per heavy atom. The fourth-order valence-corrected chi connectivity index (χ4v) is 3.97. The molecule has 1 unspecified atom stereocenters. The first-order valence-corrected chi connectivity index (χ1v) is 9.81. The highest BCUT2D eigenvalue weighted by molar-refractivity contribution is 5.95. The topological polar surface area (TPSA) is 71.6 Å². The van der Waals surface area contributed by atoms with Crippen LogP contribution in [0.25, 0.3) is 10.9 Å². The molecule has 0 radical (unpaired) electrons. The molecule has 4 rings (SSSR count). The lowest BCUT2D eigenvalue weighted by molar-refractivity contribution is -0.145. The molecule has 1 N–H and O–H groups in total. The van der Waals surface area contributed by atoms with Gasteiger partial charge in [-0.25, -0.2) is 0 Å². The van der Waals surface area contributed by atoms with Gasteiger partial charge in [-0.1, -0.05) is 18.2 Å². The van der Waals surface area contributed by atoms with Gasteiger partial charge >= 0.3 is 5.97 Å². The predicted octanol–water partition coefficient (Wildman–Crippen LogP) is 3.52. The average Bonchev–Trinajstić information content (AvgIpc) is 3.01. The number of hydrogen-bond donors (Lipinski definition) is 1. The summed E-state index contributed by atoms with van der Waals surface area (Å²) in [5, 5.41) is 1.09. The first-order chi connectivity index (χ1) is 14.1. The van der Waals surface area contributed by atoms with Gasteiger partial charge < -0.3 is 19.4 Å². The third-order valence-electron chi connectivity index (χ3n) is 5.43. The number of ether oxygens (including phenoxy) is 2. The van der Waals surface area contributed by atoms with Gasteiger partial charge in [-0.05, 0) is 49.2 Å². The molecule has 1 aliphatic rings. The molecule has 0 saturated carbocycles. The van der Waals surface area contributed by atoms with Gasteiger partial charge in [0.05, 0.1) is 13.7 Å². The van der Waals surface area contributed by atoms with Gasteiger partial charge in [-0.15, -0.1) is 0 Å². The van der Waals surface area contributed by atoms with Crippen LogP contribution in [0.1, 0.15) is 34.5 Å². The van der Waals surface area contributed by atoms with Crippen molar-refractivity contribution >= 4 is 22.8 Å². The number of carbonyl (C=O) groups is 2. The van der Waals surface area contributed by atoms with E-state index < -0.39 is 5.92 Å². The maximum absolute atomic E-state index is 13.1. The van der Waals surface area contributed by atoms with E-state index in [0.29, 0.717) is 30.9 Å². The van der Waals surface area contributed by atoms with E-state index in [1.807, 2.05) is 24.3 Å². The Bertz CT molecular complexity index is 1040. The standard InChI is InChI=1S/C23H24N2O4/c1-3-29-23(27)19-14-25(22(26)15-8-10-16(28-2)11-9-15)13-12-18-17-6-4-5-7-20(17)24-21(18)19/h4-11,19,24H,3,12-14H2,1-2H3. The lowest BCUT2D eigenvalue weighted by Crippen LogP contribution is -2.37. The fraction of sp³-hybridized carbons (Fsp3) is 0.304. The Kier molecular flexibility index (Phi) is 5.25. The minimum Gasteiger partial charge on any atom is -0.497 e. The van der Waals surface area contributed by atoms with Gasteiger partial charge in [0.2, 0.25) is 0 Å². The minimum absolute atomic E-state index is 0.101. The first-order valence-electron chi connectivity index (χ1n) is 9.81. The smallest absolute Gasteiger partial charge is 0.316 e. The van der Waals surface area contributed by atoms with Gasteiger partial charge in [-0.2, -0.15) is 0 Å². The van der Waals surface area contributed by atoms with Crippen molar-refractivity contribution in [3.63, 3.8) is 0 Å². The normalized spacial score (nSPS) is 16.2. The molecule has 3 aromatic rings. The van der Waals surface area contributed by atoms with Crippen molar-refractivity contribution in [3.05, 3.63) is 65.4 Å². The molecule has 6 nitrogen and oxygen atoms in total. The van der Waals surface area contributed by atoms with E-state index >= 15 is 0 Å². The van der Waals surface area contributed by atoms with Gasteiger partial charge in [0.25, 0.3) is 5.91 Å². The number of nitrogens with one attached hydrogen (secondary N) is 1. The zero-order chi connectivity index (χ0) is 20.4. The lowest BCUT2D eigenvalue weighted by atomic mass is 10.00. The quantitative estimate of drug-likeness (QED) is 0.690. The monoisotopic (exact) mass is 392 g/mol. The molecule has 1 aliphatic heterocycles. The molecule has 0 fully saturated rings. The highest BCUT2D eigenvalue weighted by atomic mass is 16.5. The molecule has 6 heteroatoms. The fourth-order valence-electron chi connectivity index (χ4n) is 3.97. The molecular formula is C23H24N2O4. The summed E-state index contributed by atoms with van der Waals surface area (Å²) in [5.41, 5.74) is 3.52. The Morgan fingerprint density at radius 3 is 2.62 bits per heavy atom. The summed E-state index contributed by atoms with van der Waals surface area (Å²) in [4.78, 5) is 31.1. The maximum Gasteiger partial charge on any atom is 0.316 e. The molecule has 0 saturated heterocycles. The SMILES string of the molecule is CCOC(=O)C1CN(C(=O)c2ccc(OC)cc2)CCc2c1[nH]c1ccccc21. The highest BCUT2D eigenvalue weighted by Gasteiger charge is 2.34. The van der Waals surface area contributed by atoms with E-state index in [2.05, 4.69) is 4.98 Å². The Labute approximate surface area is 169 Å². The summed E-state index contributed by atoms with van der Waals surface area (Å²) in [6.45, 7) is 2.91. The zero-order valence-corrected chi connectivity index (χ0v) is 16.6. The highest BCUT2D eigenvalue weighted by Crippen LogP contribution is 2.32. The number of aromatic amines is 1. The summed E-state index contributed by atoms with van der Waals surface area (Å²) in [7, 11) is 1.59. The van der Waals surface area contributed by atoms with Crippen molar-refractivity contribution in [2.24, 2.45) is 0 Å². The van der Waals surface area contributed by atoms with Crippen molar-refractivity contribution in [2.75, 3.05) is 26.8 Å². The van der Waals surface area contributed by atoms with E-state index in [-0.39, 0.29) is 18.4 Å². The maximum atomic E-state index is 13.1. The molecule has 2 heterocycles. The average molecular weight is 392 g/mol. The number of rotatable bonds is 4. The molecule has 0 spiro atoms. The summed E-state index contributed by atoms with van der Waals surface area (Å²) >= 11 is 0. The van der Waals surface area contributed by atoms with Crippen LogP contribution in [0.2, 0.25) is 0 Å². The predicted molar refractivity (Wildman–Crippen MR) is 110 cm³/mol. The van der Waals surface area contributed by atoms with E-state index in [4.69, 9.17) is 9.47 Å². The van der Waals surface area contributed by atoms with Crippen LogP contribution in [0, 0.1) is 0 Å². The molecule has 1 aromatic heterocycles. The molecule has 0 aliphatic carbocycles. The van der Waals surface area contributed by atoms with E-state index in [1.54, 1.807) is 43.2 Å². The molecular weight excluding hydrogens is 368 g/mol. The minimum atomic E-state index is -0.540. The number of carbonyl (C=O) groups excluding carboxylic acids is 2. The number of H-pyrrole nitrogens is 1. The second-order valence-electron chi connectivity index (χ2n) is 7.10. The van der Waals surface area contributed by atoms with Gasteiger partial charge in [0.1, 0.15) is 11.7 Å². The van der Waals surface area contributed by atoms with Crippen LogP contribution in [-0.4, -0.2) is 48.6 Å². The zero-order valence-electron chi connectivity index (χ0n) is 16.6.